The number of para-hydroxylation sites is 6. The van der Waals surface area contributed by atoms with Crippen LogP contribution >= 0.6 is 0 Å². The lowest BCUT2D eigenvalue weighted by atomic mass is 9.99. The molecule has 2 aromatic heterocycles. The van der Waals surface area contributed by atoms with Crippen LogP contribution in [0.3, 0.4) is 0 Å². The Bertz CT molecular complexity index is 3190. The molecule has 0 saturated carbocycles. The molecule has 2 heterocycles. The van der Waals surface area contributed by atoms with Crippen LogP contribution in [0.4, 0.5) is 17.1 Å². The molecule has 268 valence electrons. The van der Waals surface area contributed by atoms with E-state index in [-0.39, 0.29) is 0 Å². The molecule has 3 heteroatoms. The molecule has 0 spiro atoms. The van der Waals surface area contributed by atoms with Crippen LogP contribution in [0.5, 0.6) is 0 Å². The Morgan fingerprint density at radius 1 is 0.298 bits per heavy atom. The molecule has 0 amide bonds. The van der Waals surface area contributed by atoms with E-state index in [1.807, 2.05) is 0 Å². The Morgan fingerprint density at radius 3 is 1.49 bits per heavy atom. The lowest BCUT2D eigenvalue weighted by molar-refractivity contribution is 1.17. The number of fused-ring (bicyclic) bond motifs is 6. The number of rotatable bonds is 7. The Hall–Kier alpha value is -7.62. The van der Waals surface area contributed by atoms with Gasteiger partial charge in [0, 0.05) is 55.4 Å². The first-order chi connectivity index (χ1) is 28.3. The molecule has 57 heavy (non-hydrogen) atoms. The Balaban J connectivity index is 1.15. The second-order valence-electron chi connectivity index (χ2n) is 14.5. The average Bonchev–Trinajstić information content (AvgIpc) is 3.81. The summed E-state index contributed by atoms with van der Waals surface area (Å²) in [4.78, 5) is 2.43. The summed E-state index contributed by atoms with van der Waals surface area (Å²) in [5.41, 5.74) is 15.0. The van der Waals surface area contributed by atoms with E-state index in [1.54, 1.807) is 0 Å². The molecular formula is C54H37N3. The number of hydrogen-bond acceptors (Lipinski definition) is 1. The molecule has 0 saturated heterocycles. The van der Waals surface area contributed by atoms with Crippen LogP contribution in [-0.4, -0.2) is 9.13 Å². The van der Waals surface area contributed by atoms with Gasteiger partial charge in [0.1, 0.15) is 0 Å². The van der Waals surface area contributed by atoms with Gasteiger partial charge in [0.25, 0.3) is 0 Å². The Labute approximate surface area is 331 Å². The van der Waals surface area contributed by atoms with Crippen molar-refractivity contribution in [3.63, 3.8) is 0 Å². The zero-order chi connectivity index (χ0) is 37.7. The van der Waals surface area contributed by atoms with Crippen molar-refractivity contribution < 1.29 is 0 Å². The third kappa shape index (κ3) is 5.43. The summed E-state index contributed by atoms with van der Waals surface area (Å²) >= 11 is 0. The molecule has 9 aromatic carbocycles. The molecule has 0 atom stereocenters. The van der Waals surface area contributed by atoms with Crippen LogP contribution in [0.1, 0.15) is 0 Å². The van der Waals surface area contributed by atoms with E-state index >= 15 is 0 Å². The lowest BCUT2D eigenvalue weighted by Gasteiger charge is -2.29. The van der Waals surface area contributed by atoms with Crippen LogP contribution in [0.2, 0.25) is 0 Å². The van der Waals surface area contributed by atoms with Crippen LogP contribution < -0.4 is 4.90 Å². The molecule has 11 aromatic rings. The number of hydrogen-bond donors (Lipinski definition) is 0. The van der Waals surface area contributed by atoms with Crippen molar-refractivity contribution in [3.8, 4) is 33.6 Å². The first kappa shape index (κ1) is 32.8. The Morgan fingerprint density at radius 2 is 0.772 bits per heavy atom. The van der Waals surface area contributed by atoms with Gasteiger partial charge in [-0.3, -0.25) is 0 Å². The third-order valence-corrected chi connectivity index (χ3v) is 11.3. The topological polar surface area (TPSA) is 13.1 Å². The van der Waals surface area contributed by atoms with Gasteiger partial charge < -0.3 is 14.0 Å². The predicted molar refractivity (Wildman–Crippen MR) is 241 cm³/mol. The molecule has 11 rings (SSSR count). The molecule has 3 nitrogen and oxygen atoms in total. The number of anilines is 3. The van der Waals surface area contributed by atoms with Crippen LogP contribution in [0.15, 0.2) is 224 Å². The zero-order valence-electron chi connectivity index (χ0n) is 31.2. The molecule has 0 aliphatic heterocycles. The summed E-state index contributed by atoms with van der Waals surface area (Å²) in [6, 6.07) is 81.1. The van der Waals surface area contributed by atoms with Gasteiger partial charge in [-0.15, -0.1) is 0 Å². The third-order valence-electron chi connectivity index (χ3n) is 11.3. The van der Waals surface area contributed by atoms with Crippen molar-refractivity contribution in [2.24, 2.45) is 0 Å². The molecular weight excluding hydrogens is 691 g/mol. The lowest BCUT2D eigenvalue weighted by Crippen LogP contribution is -2.12. The quantitative estimate of drug-likeness (QED) is 0.159. The summed E-state index contributed by atoms with van der Waals surface area (Å²) in [6.07, 6.45) is 0. The first-order valence-electron chi connectivity index (χ1n) is 19.5. The van der Waals surface area contributed by atoms with E-state index in [0.717, 1.165) is 39.6 Å². The van der Waals surface area contributed by atoms with E-state index in [1.165, 1.54) is 54.7 Å². The van der Waals surface area contributed by atoms with Crippen LogP contribution in [0, 0.1) is 0 Å². The van der Waals surface area contributed by atoms with Crippen molar-refractivity contribution in [2.45, 2.75) is 0 Å². The summed E-state index contributed by atoms with van der Waals surface area (Å²) in [7, 11) is 0. The fourth-order valence-electron chi connectivity index (χ4n) is 8.84. The van der Waals surface area contributed by atoms with Gasteiger partial charge in [0.2, 0.25) is 0 Å². The van der Waals surface area contributed by atoms with E-state index < -0.39 is 0 Å². The highest BCUT2D eigenvalue weighted by Gasteiger charge is 2.21. The summed E-state index contributed by atoms with van der Waals surface area (Å²) in [5, 5.41) is 4.98. The number of nitrogens with zero attached hydrogens (tertiary/aromatic N) is 3. The highest BCUT2D eigenvalue weighted by Crippen LogP contribution is 2.44. The summed E-state index contributed by atoms with van der Waals surface area (Å²) in [5.74, 6) is 0. The van der Waals surface area contributed by atoms with E-state index in [2.05, 4.69) is 238 Å². The molecule has 0 radical (unpaired) electrons. The normalized spacial score (nSPS) is 11.5. The largest absolute Gasteiger partial charge is 0.310 e. The molecule has 0 bridgehead atoms. The highest BCUT2D eigenvalue weighted by atomic mass is 15.1. The maximum absolute atomic E-state index is 2.43. The summed E-state index contributed by atoms with van der Waals surface area (Å²) < 4.78 is 4.82. The van der Waals surface area contributed by atoms with Gasteiger partial charge >= 0.3 is 0 Å². The minimum atomic E-state index is 1.08. The van der Waals surface area contributed by atoms with Crippen LogP contribution in [-0.2, 0) is 0 Å². The second kappa shape index (κ2) is 13.6. The molecule has 0 N–H and O–H groups in total. The van der Waals surface area contributed by atoms with Crippen molar-refractivity contribution in [1.29, 1.82) is 0 Å². The predicted octanol–water partition coefficient (Wildman–Crippen LogP) is 14.7. The maximum atomic E-state index is 2.43. The SMILES string of the molecule is c1ccc(-c2ccccc2N(c2cccc(-c3cccc4c5ccccc5n(-c5ccccc5)c34)c2)c2cccc(-n3c4ccccc4c4ccccc43)c2)cc1. The molecule has 0 unspecified atom stereocenters. The van der Waals surface area contributed by atoms with Gasteiger partial charge in [-0.05, 0) is 77.9 Å². The van der Waals surface area contributed by atoms with Crippen molar-refractivity contribution in [2.75, 3.05) is 4.90 Å². The van der Waals surface area contributed by atoms with E-state index in [0.29, 0.717) is 0 Å². The van der Waals surface area contributed by atoms with Crippen molar-refractivity contribution in [3.05, 3.63) is 224 Å². The van der Waals surface area contributed by atoms with Gasteiger partial charge in [-0.2, -0.15) is 0 Å². The fourth-order valence-corrected chi connectivity index (χ4v) is 8.84. The fraction of sp³-hybridized carbons (Fsp3) is 0. The minimum absolute atomic E-state index is 1.08. The minimum Gasteiger partial charge on any atom is -0.310 e. The Kier molecular flexibility index (Phi) is 7.82. The molecule has 0 aliphatic rings. The van der Waals surface area contributed by atoms with E-state index in [9.17, 15) is 0 Å². The monoisotopic (exact) mass is 727 g/mol. The number of benzene rings is 9. The van der Waals surface area contributed by atoms with Gasteiger partial charge in [-0.25, -0.2) is 0 Å². The maximum Gasteiger partial charge on any atom is 0.0619 e. The second-order valence-corrected chi connectivity index (χ2v) is 14.5. The molecule has 0 aliphatic carbocycles. The standard InChI is InChI=1S/C54H37N3/c1-3-18-38(19-4-1)44-26-7-11-32-50(44)55(42-24-16-25-43(37-42)56-51-33-12-8-27-46(51)47-28-9-13-34-52(47)56)41-23-15-20-39(36-41)45-30-17-31-49-48-29-10-14-35-53(48)57(54(45)49)40-21-5-2-6-22-40/h1-37H. The van der Waals surface area contributed by atoms with E-state index in [4.69, 9.17) is 0 Å². The van der Waals surface area contributed by atoms with Gasteiger partial charge in [-0.1, -0.05) is 158 Å². The van der Waals surface area contributed by atoms with Crippen molar-refractivity contribution >= 4 is 60.7 Å². The first-order valence-corrected chi connectivity index (χ1v) is 19.5. The zero-order valence-corrected chi connectivity index (χ0v) is 31.2. The highest BCUT2D eigenvalue weighted by molar-refractivity contribution is 6.14. The smallest absolute Gasteiger partial charge is 0.0619 e. The average molecular weight is 728 g/mol. The summed E-state index contributed by atoms with van der Waals surface area (Å²) in [6.45, 7) is 0. The van der Waals surface area contributed by atoms with Crippen LogP contribution in [0.25, 0.3) is 77.2 Å². The van der Waals surface area contributed by atoms with Gasteiger partial charge in [0.05, 0.1) is 27.8 Å². The molecule has 0 fully saturated rings. The van der Waals surface area contributed by atoms with Gasteiger partial charge in [0.15, 0.2) is 0 Å². The van der Waals surface area contributed by atoms with Crippen molar-refractivity contribution in [1.82, 2.24) is 9.13 Å². The number of aromatic nitrogens is 2.